The molecule has 0 rings (SSSR count). The molecule has 0 atom stereocenters. The maximum Gasteiger partial charge on any atom is 0.192 e. The fourth-order valence-electron chi connectivity index (χ4n) is 1.61. The summed E-state index contributed by atoms with van der Waals surface area (Å²) in [6, 6.07) is 0. The maximum atomic E-state index is 6.04. The van der Waals surface area contributed by atoms with Crippen LogP contribution in [0.4, 0.5) is 0 Å². The van der Waals surface area contributed by atoms with Crippen LogP contribution in [-0.4, -0.2) is 86.3 Å². The lowest BCUT2D eigenvalue weighted by Crippen LogP contribution is -2.41. The minimum atomic E-state index is -1.66. The summed E-state index contributed by atoms with van der Waals surface area (Å²) in [5.74, 6) is 0. The molecule has 0 aliphatic carbocycles. The lowest BCUT2D eigenvalue weighted by atomic mass is 10.2. The van der Waals surface area contributed by atoms with Crippen molar-refractivity contribution in [3.05, 3.63) is 0 Å². The van der Waals surface area contributed by atoms with Gasteiger partial charge in [0.05, 0.1) is 72.7 Å². The lowest BCUT2D eigenvalue weighted by Gasteiger charge is -2.36. The third-order valence-electron chi connectivity index (χ3n) is 4.21. The van der Waals surface area contributed by atoms with Gasteiger partial charge in [0.25, 0.3) is 0 Å². The van der Waals surface area contributed by atoms with Crippen molar-refractivity contribution < 1.29 is 28.1 Å². The minimum absolute atomic E-state index is 0.238. The molecule has 0 heterocycles. The summed E-state index contributed by atoms with van der Waals surface area (Å²) in [5, 5.41) is 1.09. The van der Waals surface area contributed by atoms with Gasteiger partial charge in [0.2, 0.25) is 0 Å². The molecule has 26 heavy (non-hydrogen) atoms. The highest BCUT2D eigenvalue weighted by molar-refractivity contribution is 9.09. The highest BCUT2D eigenvalue weighted by Gasteiger charge is 2.36. The van der Waals surface area contributed by atoms with Gasteiger partial charge in [-0.2, -0.15) is 0 Å². The van der Waals surface area contributed by atoms with Crippen molar-refractivity contribution in [1.82, 2.24) is 0 Å². The highest BCUT2D eigenvalue weighted by atomic mass is 79.9. The van der Waals surface area contributed by atoms with Crippen molar-refractivity contribution >= 4 is 24.2 Å². The van der Waals surface area contributed by atoms with E-state index in [-0.39, 0.29) is 5.04 Å². The van der Waals surface area contributed by atoms with E-state index in [4.69, 9.17) is 28.1 Å². The average Bonchev–Trinajstić information content (AvgIpc) is 2.56. The predicted molar refractivity (Wildman–Crippen MR) is 111 cm³/mol. The summed E-state index contributed by atoms with van der Waals surface area (Å²) in [7, 11) is -1.66. The largest absolute Gasteiger partial charge is 0.414 e. The average molecular weight is 459 g/mol. The number of hydrogen-bond acceptors (Lipinski definition) is 6. The topological polar surface area (TPSA) is 55.4 Å². The third kappa shape index (κ3) is 15.5. The normalized spacial score (nSPS) is 12.7. The van der Waals surface area contributed by atoms with Crippen LogP contribution in [0.1, 0.15) is 20.8 Å². The van der Waals surface area contributed by atoms with E-state index in [1.165, 1.54) is 0 Å². The van der Waals surface area contributed by atoms with Crippen LogP contribution in [0.5, 0.6) is 0 Å². The van der Waals surface area contributed by atoms with Crippen molar-refractivity contribution in [3.63, 3.8) is 0 Å². The van der Waals surface area contributed by atoms with E-state index in [2.05, 4.69) is 49.8 Å². The Labute approximate surface area is 169 Å². The number of rotatable bonds is 18. The zero-order valence-corrected chi connectivity index (χ0v) is 19.9. The molecule has 0 bridgehead atoms. The van der Waals surface area contributed by atoms with Gasteiger partial charge in [0.15, 0.2) is 8.32 Å². The van der Waals surface area contributed by atoms with Gasteiger partial charge in [0.1, 0.15) is 0 Å². The Morgan fingerprint density at radius 3 is 1.19 bits per heavy atom. The molecule has 0 unspecified atom stereocenters. The molecule has 0 aromatic rings. The molecule has 0 spiro atoms. The van der Waals surface area contributed by atoms with Crippen LogP contribution in [-0.2, 0) is 28.1 Å². The summed E-state index contributed by atoms with van der Waals surface area (Å²) < 4.78 is 33.1. The first kappa shape index (κ1) is 26.5. The van der Waals surface area contributed by atoms with Crippen molar-refractivity contribution in [1.29, 1.82) is 0 Å². The second-order valence-corrected chi connectivity index (χ2v) is 13.0. The molecule has 0 radical (unpaired) electrons. The summed E-state index contributed by atoms with van der Waals surface area (Å²) in [6.07, 6.45) is 0. The molecule has 0 N–H and O–H groups in total. The van der Waals surface area contributed by atoms with Crippen LogP contribution in [0, 0.1) is 0 Å². The van der Waals surface area contributed by atoms with Gasteiger partial charge in [-0.3, -0.25) is 0 Å². The lowest BCUT2D eigenvalue weighted by molar-refractivity contribution is -0.0121. The van der Waals surface area contributed by atoms with E-state index in [9.17, 15) is 0 Å². The van der Waals surface area contributed by atoms with Crippen LogP contribution in [0.15, 0.2) is 0 Å². The van der Waals surface area contributed by atoms with Crippen molar-refractivity contribution in [3.8, 4) is 0 Å². The second-order valence-electron chi connectivity index (χ2n) is 7.36. The number of hydrogen-bond donors (Lipinski definition) is 0. The quantitative estimate of drug-likeness (QED) is 0.178. The fraction of sp³-hybridized carbons (Fsp3) is 1.00. The smallest absolute Gasteiger partial charge is 0.192 e. The molecule has 0 aromatic heterocycles. The van der Waals surface area contributed by atoms with E-state index >= 15 is 0 Å². The van der Waals surface area contributed by atoms with Crippen LogP contribution >= 0.6 is 15.9 Å². The molecule has 0 amide bonds. The summed E-state index contributed by atoms with van der Waals surface area (Å²) in [5.41, 5.74) is 0. The molecule has 0 aliphatic rings. The summed E-state index contributed by atoms with van der Waals surface area (Å²) in [6.45, 7) is 17.9. The summed E-state index contributed by atoms with van der Waals surface area (Å²) >= 11 is 3.30. The molecule has 0 fully saturated rings. The fourth-order valence-corrected chi connectivity index (χ4v) is 2.86. The Balaban J connectivity index is 3.21. The predicted octanol–water partition coefficient (Wildman–Crippen LogP) is 3.49. The van der Waals surface area contributed by atoms with Gasteiger partial charge in [0, 0.05) is 5.33 Å². The van der Waals surface area contributed by atoms with Gasteiger partial charge in [-0.05, 0) is 18.1 Å². The Bertz CT molecular complexity index is 313. The number of alkyl halides is 1. The van der Waals surface area contributed by atoms with Gasteiger partial charge in [-0.1, -0.05) is 36.7 Å². The Hall–Kier alpha value is 0.457. The monoisotopic (exact) mass is 458 g/mol. The van der Waals surface area contributed by atoms with E-state index in [1.54, 1.807) is 0 Å². The molecule has 6 nitrogen and oxygen atoms in total. The zero-order chi connectivity index (χ0) is 19.7. The van der Waals surface area contributed by atoms with Crippen LogP contribution < -0.4 is 0 Å². The van der Waals surface area contributed by atoms with Crippen molar-refractivity contribution in [2.45, 2.75) is 38.9 Å². The van der Waals surface area contributed by atoms with Crippen molar-refractivity contribution in [2.75, 3.05) is 78.0 Å². The number of halogens is 1. The molecule has 0 aliphatic heterocycles. The minimum Gasteiger partial charge on any atom is -0.414 e. The standard InChI is InChI=1S/C18H39BrO6Si/c1-18(2,3)26(4,5)25-17-16-24-15-14-23-13-12-22-11-10-21-9-8-20-7-6-19/h6-17H2,1-5H3. The van der Waals surface area contributed by atoms with Crippen LogP contribution in [0.2, 0.25) is 18.1 Å². The number of ether oxygens (including phenoxy) is 5. The van der Waals surface area contributed by atoms with E-state index in [1.807, 2.05) is 0 Å². The van der Waals surface area contributed by atoms with Crippen LogP contribution in [0.25, 0.3) is 0 Å². The van der Waals surface area contributed by atoms with E-state index in [0.717, 1.165) is 5.33 Å². The second kappa shape index (κ2) is 16.4. The van der Waals surface area contributed by atoms with Gasteiger partial charge < -0.3 is 28.1 Å². The van der Waals surface area contributed by atoms with Crippen molar-refractivity contribution in [2.24, 2.45) is 0 Å². The first-order chi connectivity index (χ1) is 12.3. The molecule has 0 aromatic carbocycles. The molecule has 158 valence electrons. The Morgan fingerprint density at radius 2 is 0.885 bits per heavy atom. The first-order valence-corrected chi connectivity index (χ1v) is 13.4. The molecular formula is C18H39BrO6Si. The highest BCUT2D eigenvalue weighted by Crippen LogP contribution is 2.36. The summed E-state index contributed by atoms with van der Waals surface area (Å²) in [4.78, 5) is 0. The molecular weight excluding hydrogens is 420 g/mol. The Kier molecular flexibility index (Phi) is 16.7. The Morgan fingerprint density at radius 1 is 0.577 bits per heavy atom. The maximum absolute atomic E-state index is 6.04. The molecule has 0 saturated heterocycles. The van der Waals surface area contributed by atoms with E-state index < -0.39 is 8.32 Å². The SMILES string of the molecule is CC(C)(C)[Si](C)(C)OCCOCCOCCOCCOCCOCCBr. The first-order valence-electron chi connectivity index (χ1n) is 9.40. The molecule has 0 saturated carbocycles. The van der Waals surface area contributed by atoms with Gasteiger partial charge in [-0.25, -0.2) is 0 Å². The molecule has 8 heteroatoms. The third-order valence-corrected chi connectivity index (χ3v) is 9.07. The van der Waals surface area contributed by atoms with Gasteiger partial charge >= 0.3 is 0 Å². The van der Waals surface area contributed by atoms with E-state index in [0.29, 0.717) is 72.7 Å². The zero-order valence-electron chi connectivity index (χ0n) is 17.3. The van der Waals surface area contributed by atoms with Gasteiger partial charge in [-0.15, -0.1) is 0 Å². The van der Waals surface area contributed by atoms with Crippen LogP contribution in [0.3, 0.4) is 0 Å².